The molecule has 6 nitrogen and oxygen atoms in total. The number of carbonyl (C=O) groups excluding carboxylic acids is 1. The van der Waals surface area contributed by atoms with Gasteiger partial charge in [-0.1, -0.05) is 58.4 Å². The van der Waals surface area contributed by atoms with Crippen LogP contribution in [0.5, 0.6) is 11.5 Å². The van der Waals surface area contributed by atoms with E-state index in [2.05, 4.69) is 26.1 Å². The third kappa shape index (κ3) is 6.02. The summed E-state index contributed by atoms with van der Waals surface area (Å²) in [6.45, 7) is 0.267. The first-order valence-corrected chi connectivity index (χ1v) is 12.7. The number of amides is 1. The molecule has 0 saturated carbocycles. The Balaban J connectivity index is 1.37. The number of benzene rings is 3. The maximum atomic E-state index is 13.2. The van der Waals surface area contributed by atoms with Crippen molar-refractivity contribution in [3.63, 3.8) is 0 Å². The summed E-state index contributed by atoms with van der Waals surface area (Å²) in [6.07, 6.45) is 5.07. The SMILES string of the molecule is O=C1/C(=C/c2cccc(Br)c2)S/C(=N\N=C\c2cccc(Oc3ccccc3)c2)N1Cc1ccco1. The lowest BCUT2D eigenvalue weighted by atomic mass is 10.2. The summed E-state index contributed by atoms with van der Waals surface area (Å²) in [5.74, 6) is 1.96. The van der Waals surface area contributed by atoms with Gasteiger partial charge in [-0.15, -0.1) is 5.10 Å². The van der Waals surface area contributed by atoms with Crippen LogP contribution in [0.15, 0.2) is 121 Å². The maximum Gasteiger partial charge on any atom is 0.267 e. The molecule has 5 rings (SSSR count). The first-order chi connectivity index (χ1) is 17.6. The predicted molar refractivity (Wildman–Crippen MR) is 147 cm³/mol. The van der Waals surface area contributed by atoms with Crippen LogP contribution in [0.2, 0.25) is 0 Å². The average Bonchev–Trinajstić information content (AvgIpc) is 3.49. The molecule has 4 aromatic rings. The van der Waals surface area contributed by atoms with Gasteiger partial charge in [0.1, 0.15) is 17.3 Å². The lowest BCUT2D eigenvalue weighted by Crippen LogP contribution is -2.28. The highest BCUT2D eigenvalue weighted by atomic mass is 79.9. The number of ether oxygens (including phenoxy) is 1. The van der Waals surface area contributed by atoms with Crippen LogP contribution in [0.25, 0.3) is 6.08 Å². The zero-order valence-electron chi connectivity index (χ0n) is 19.0. The van der Waals surface area contributed by atoms with Gasteiger partial charge < -0.3 is 9.15 Å². The monoisotopic (exact) mass is 557 g/mol. The van der Waals surface area contributed by atoms with E-state index >= 15 is 0 Å². The minimum absolute atomic E-state index is 0.149. The van der Waals surface area contributed by atoms with Crippen LogP contribution in [0.3, 0.4) is 0 Å². The fourth-order valence-electron chi connectivity index (χ4n) is 3.46. The largest absolute Gasteiger partial charge is 0.467 e. The molecule has 1 aliphatic heterocycles. The smallest absolute Gasteiger partial charge is 0.267 e. The van der Waals surface area contributed by atoms with Crippen molar-refractivity contribution in [2.24, 2.45) is 10.2 Å². The van der Waals surface area contributed by atoms with Crippen molar-refractivity contribution in [1.29, 1.82) is 0 Å². The van der Waals surface area contributed by atoms with Crippen molar-refractivity contribution in [2.75, 3.05) is 0 Å². The summed E-state index contributed by atoms with van der Waals surface area (Å²) < 4.78 is 12.3. The number of furan rings is 1. The Labute approximate surface area is 221 Å². The summed E-state index contributed by atoms with van der Waals surface area (Å²) >= 11 is 4.76. The molecule has 0 bridgehead atoms. The molecular formula is C28H20BrN3O3S. The fraction of sp³-hybridized carbons (Fsp3) is 0.0357. The molecule has 1 saturated heterocycles. The lowest BCUT2D eigenvalue weighted by Gasteiger charge is -2.12. The van der Waals surface area contributed by atoms with Gasteiger partial charge >= 0.3 is 0 Å². The second-order valence-electron chi connectivity index (χ2n) is 7.75. The van der Waals surface area contributed by atoms with Gasteiger partial charge in [-0.3, -0.25) is 9.69 Å². The molecule has 0 aliphatic carbocycles. The Hall–Kier alpha value is -3.88. The standard InChI is InChI=1S/C28H20BrN3O3S/c29-22-9-4-7-20(15-22)17-26-27(33)32(19-25-13-6-14-34-25)28(36-26)31-30-18-21-8-5-12-24(16-21)35-23-10-2-1-3-11-23/h1-18H,19H2/b26-17-,30-18+,31-28-. The van der Waals surface area contributed by atoms with Crippen LogP contribution in [0.4, 0.5) is 0 Å². The molecule has 3 aromatic carbocycles. The first-order valence-electron chi connectivity index (χ1n) is 11.1. The van der Waals surface area contributed by atoms with E-state index in [1.807, 2.05) is 91.0 Å². The summed E-state index contributed by atoms with van der Waals surface area (Å²) in [4.78, 5) is 15.3. The quantitative estimate of drug-likeness (QED) is 0.135. The maximum absolute atomic E-state index is 13.2. The molecular weight excluding hydrogens is 538 g/mol. The van der Waals surface area contributed by atoms with Crippen LogP contribution in [0, 0.1) is 0 Å². The zero-order valence-corrected chi connectivity index (χ0v) is 21.4. The van der Waals surface area contributed by atoms with E-state index in [1.165, 1.54) is 11.8 Å². The van der Waals surface area contributed by atoms with Crippen molar-refractivity contribution in [3.8, 4) is 11.5 Å². The summed E-state index contributed by atoms with van der Waals surface area (Å²) in [6, 6.07) is 28.5. The number of amidine groups is 1. The van der Waals surface area contributed by atoms with Crippen molar-refractivity contribution in [2.45, 2.75) is 6.54 Å². The summed E-state index contributed by atoms with van der Waals surface area (Å²) in [5.41, 5.74) is 1.74. The van der Waals surface area contributed by atoms with Gasteiger partial charge in [0.15, 0.2) is 5.17 Å². The third-order valence-corrected chi connectivity index (χ3v) is 6.61. The highest BCUT2D eigenvalue weighted by molar-refractivity contribution is 9.10. The molecule has 2 heterocycles. The van der Waals surface area contributed by atoms with Crippen molar-refractivity contribution < 1.29 is 13.9 Å². The summed E-state index contributed by atoms with van der Waals surface area (Å²) in [5, 5.41) is 9.12. The molecule has 0 N–H and O–H groups in total. The highest BCUT2D eigenvalue weighted by Crippen LogP contribution is 2.34. The van der Waals surface area contributed by atoms with E-state index in [4.69, 9.17) is 9.15 Å². The first kappa shape index (κ1) is 23.8. The highest BCUT2D eigenvalue weighted by Gasteiger charge is 2.34. The Morgan fingerprint density at radius 1 is 0.917 bits per heavy atom. The molecule has 1 aliphatic rings. The number of rotatable bonds is 7. The van der Waals surface area contributed by atoms with E-state index in [-0.39, 0.29) is 12.5 Å². The molecule has 0 radical (unpaired) electrons. The van der Waals surface area contributed by atoms with Crippen molar-refractivity contribution in [3.05, 3.63) is 124 Å². The van der Waals surface area contributed by atoms with E-state index < -0.39 is 0 Å². The normalized spacial score (nSPS) is 15.9. The number of hydrogen-bond acceptors (Lipinski definition) is 6. The number of carbonyl (C=O) groups is 1. The molecule has 0 unspecified atom stereocenters. The van der Waals surface area contributed by atoms with Gasteiger partial charge in [-0.05, 0) is 77.5 Å². The van der Waals surface area contributed by atoms with E-state index in [0.717, 1.165) is 21.3 Å². The molecule has 1 fully saturated rings. The number of para-hydroxylation sites is 1. The topological polar surface area (TPSA) is 67.4 Å². The Kier molecular flexibility index (Phi) is 7.44. The second-order valence-corrected chi connectivity index (χ2v) is 9.68. The molecule has 0 atom stereocenters. The number of halogens is 1. The zero-order chi connectivity index (χ0) is 24.7. The minimum atomic E-state index is -0.149. The fourth-order valence-corrected chi connectivity index (χ4v) is 4.81. The van der Waals surface area contributed by atoms with Crippen LogP contribution >= 0.6 is 27.7 Å². The Morgan fingerprint density at radius 2 is 1.72 bits per heavy atom. The Bertz CT molecular complexity index is 1450. The number of hydrogen-bond donors (Lipinski definition) is 0. The Morgan fingerprint density at radius 3 is 2.53 bits per heavy atom. The van der Waals surface area contributed by atoms with E-state index in [0.29, 0.717) is 21.6 Å². The van der Waals surface area contributed by atoms with Crippen LogP contribution in [-0.2, 0) is 11.3 Å². The molecule has 0 spiro atoms. The number of nitrogens with zero attached hydrogens (tertiary/aromatic N) is 3. The minimum Gasteiger partial charge on any atom is -0.467 e. The predicted octanol–water partition coefficient (Wildman–Crippen LogP) is 7.34. The molecule has 36 heavy (non-hydrogen) atoms. The summed E-state index contributed by atoms with van der Waals surface area (Å²) in [7, 11) is 0. The third-order valence-electron chi connectivity index (χ3n) is 5.12. The van der Waals surface area contributed by atoms with Crippen molar-refractivity contribution in [1.82, 2.24) is 4.90 Å². The van der Waals surface area contributed by atoms with Gasteiger partial charge in [-0.25, -0.2) is 0 Å². The molecule has 1 aromatic heterocycles. The molecule has 1 amide bonds. The van der Waals surface area contributed by atoms with Crippen LogP contribution < -0.4 is 4.74 Å². The lowest BCUT2D eigenvalue weighted by molar-refractivity contribution is -0.122. The van der Waals surface area contributed by atoms with Gasteiger partial charge in [0.25, 0.3) is 5.91 Å². The second kappa shape index (κ2) is 11.2. The molecule has 178 valence electrons. The van der Waals surface area contributed by atoms with E-state index in [1.54, 1.807) is 23.4 Å². The van der Waals surface area contributed by atoms with Gasteiger partial charge in [0.05, 0.1) is 23.9 Å². The van der Waals surface area contributed by atoms with Gasteiger partial charge in [0.2, 0.25) is 0 Å². The van der Waals surface area contributed by atoms with Gasteiger partial charge in [-0.2, -0.15) is 5.10 Å². The van der Waals surface area contributed by atoms with E-state index in [9.17, 15) is 4.79 Å². The average molecular weight is 558 g/mol. The van der Waals surface area contributed by atoms with Gasteiger partial charge in [0, 0.05) is 4.47 Å². The number of thioether (sulfide) groups is 1. The van der Waals surface area contributed by atoms with Crippen LogP contribution in [-0.4, -0.2) is 22.2 Å². The van der Waals surface area contributed by atoms with Crippen LogP contribution in [0.1, 0.15) is 16.9 Å². The molecule has 8 heteroatoms. The van der Waals surface area contributed by atoms with Crippen molar-refractivity contribution >= 4 is 51.1 Å².